The predicted molar refractivity (Wildman–Crippen MR) is 115 cm³/mol. The molecule has 0 spiro atoms. The number of aryl methyl sites for hydroxylation is 2. The van der Waals surface area contributed by atoms with Crippen LogP contribution in [0.5, 0.6) is 5.75 Å². The maximum atomic E-state index is 12.5. The highest BCUT2D eigenvalue weighted by molar-refractivity contribution is 5.91. The van der Waals surface area contributed by atoms with Gasteiger partial charge in [0.1, 0.15) is 11.6 Å². The standard InChI is InChI=1S/C23H28N4O2/c1-17-12-20(13-18(2)23(17)29-4)14-26(3)16-22(28)25-21-10-11-24-27(21)15-19-8-6-5-7-9-19/h5-13H,14-16H2,1-4H3,(H,25,28). The summed E-state index contributed by atoms with van der Waals surface area (Å²) < 4.78 is 7.22. The molecule has 0 saturated heterocycles. The number of carbonyl (C=O) groups excluding carboxylic acids is 1. The molecule has 29 heavy (non-hydrogen) atoms. The van der Waals surface area contributed by atoms with Crippen molar-refractivity contribution in [2.45, 2.75) is 26.9 Å². The molecule has 0 bridgehead atoms. The summed E-state index contributed by atoms with van der Waals surface area (Å²) in [6.45, 7) is 5.67. The summed E-state index contributed by atoms with van der Waals surface area (Å²) in [6.07, 6.45) is 1.70. The topological polar surface area (TPSA) is 59.4 Å². The first kappa shape index (κ1) is 20.6. The second kappa shape index (κ2) is 9.39. The lowest BCUT2D eigenvalue weighted by molar-refractivity contribution is -0.117. The summed E-state index contributed by atoms with van der Waals surface area (Å²) >= 11 is 0. The van der Waals surface area contributed by atoms with Crippen LogP contribution in [0.4, 0.5) is 5.82 Å². The van der Waals surface area contributed by atoms with Crippen molar-refractivity contribution in [3.8, 4) is 5.75 Å². The van der Waals surface area contributed by atoms with Gasteiger partial charge < -0.3 is 10.1 Å². The van der Waals surface area contributed by atoms with Crippen molar-refractivity contribution in [1.29, 1.82) is 0 Å². The third-order valence-corrected chi connectivity index (χ3v) is 4.75. The number of likely N-dealkylation sites (N-methyl/N-ethyl adjacent to an activating group) is 1. The normalized spacial score (nSPS) is 10.9. The monoisotopic (exact) mass is 392 g/mol. The maximum absolute atomic E-state index is 12.5. The van der Waals surface area contributed by atoms with Gasteiger partial charge in [0.15, 0.2) is 0 Å². The smallest absolute Gasteiger partial charge is 0.239 e. The van der Waals surface area contributed by atoms with E-state index < -0.39 is 0 Å². The molecule has 1 aromatic heterocycles. The Labute approximate surface area is 172 Å². The minimum absolute atomic E-state index is 0.0655. The first-order valence-corrected chi connectivity index (χ1v) is 9.64. The van der Waals surface area contributed by atoms with E-state index in [0.717, 1.165) is 28.0 Å². The minimum Gasteiger partial charge on any atom is -0.496 e. The van der Waals surface area contributed by atoms with Gasteiger partial charge in [-0.15, -0.1) is 0 Å². The molecule has 1 amide bonds. The molecule has 0 saturated carbocycles. The van der Waals surface area contributed by atoms with Crippen LogP contribution in [0.2, 0.25) is 0 Å². The van der Waals surface area contributed by atoms with Gasteiger partial charge in [0.25, 0.3) is 0 Å². The molecule has 3 rings (SSSR count). The van der Waals surface area contributed by atoms with Crippen LogP contribution in [0.1, 0.15) is 22.3 Å². The number of benzene rings is 2. The Morgan fingerprint density at radius 2 is 1.79 bits per heavy atom. The zero-order valence-electron chi connectivity index (χ0n) is 17.5. The van der Waals surface area contributed by atoms with Crippen LogP contribution in [-0.2, 0) is 17.9 Å². The van der Waals surface area contributed by atoms with Gasteiger partial charge in [0.05, 0.1) is 26.4 Å². The van der Waals surface area contributed by atoms with Crippen molar-refractivity contribution < 1.29 is 9.53 Å². The number of hydrogen-bond acceptors (Lipinski definition) is 4. The SMILES string of the molecule is COc1c(C)cc(CN(C)CC(=O)Nc2ccnn2Cc2ccccc2)cc1C. The molecule has 3 aromatic rings. The Balaban J connectivity index is 1.58. The van der Waals surface area contributed by atoms with Gasteiger partial charge in [-0.25, -0.2) is 4.68 Å². The van der Waals surface area contributed by atoms with E-state index in [1.807, 2.05) is 62.2 Å². The highest BCUT2D eigenvalue weighted by Crippen LogP contribution is 2.24. The highest BCUT2D eigenvalue weighted by Gasteiger charge is 2.12. The van der Waals surface area contributed by atoms with Crippen molar-refractivity contribution in [3.05, 3.63) is 77.0 Å². The summed E-state index contributed by atoms with van der Waals surface area (Å²) in [5.41, 5.74) is 4.50. The molecule has 152 valence electrons. The van der Waals surface area contributed by atoms with E-state index in [0.29, 0.717) is 25.5 Å². The molecule has 6 heteroatoms. The fourth-order valence-electron chi connectivity index (χ4n) is 3.57. The number of anilines is 1. The number of nitrogens with one attached hydrogen (secondary N) is 1. The average molecular weight is 393 g/mol. The van der Waals surface area contributed by atoms with E-state index in [4.69, 9.17) is 4.74 Å². The molecule has 0 aliphatic carbocycles. The lowest BCUT2D eigenvalue weighted by Gasteiger charge is -2.18. The molecule has 6 nitrogen and oxygen atoms in total. The molecule has 0 aliphatic rings. The van der Waals surface area contributed by atoms with Crippen molar-refractivity contribution >= 4 is 11.7 Å². The van der Waals surface area contributed by atoms with Crippen LogP contribution in [0.15, 0.2) is 54.7 Å². The number of carbonyl (C=O) groups is 1. The molecule has 0 fully saturated rings. The van der Waals surface area contributed by atoms with Gasteiger partial charge in [-0.3, -0.25) is 9.69 Å². The summed E-state index contributed by atoms with van der Waals surface area (Å²) in [4.78, 5) is 14.5. The fourth-order valence-corrected chi connectivity index (χ4v) is 3.57. The summed E-state index contributed by atoms with van der Waals surface area (Å²) in [5.74, 6) is 1.55. The Hall–Kier alpha value is -3.12. The zero-order chi connectivity index (χ0) is 20.8. The van der Waals surface area contributed by atoms with Gasteiger partial charge in [0.2, 0.25) is 5.91 Å². The first-order chi connectivity index (χ1) is 14.0. The minimum atomic E-state index is -0.0655. The van der Waals surface area contributed by atoms with Crippen molar-refractivity contribution in [1.82, 2.24) is 14.7 Å². The van der Waals surface area contributed by atoms with E-state index in [1.165, 1.54) is 0 Å². The Bertz CT molecular complexity index is 943. The van der Waals surface area contributed by atoms with Crippen molar-refractivity contribution in [2.24, 2.45) is 0 Å². The zero-order valence-corrected chi connectivity index (χ0v) is 17.5. The van der Waals surface area contributed by atoms with Crippen LogP contribution in [0, 0.1) is 13.8 Å². The van der Waals surface area contributed by atoms with Gasteiger partial charge in [0, 0.05) is 12.6 Å². The van der Waals surface area contributed by atoms with Gasteiger partial charge in [-0.1, -0.05) is 42.5 Å². The van der Waals surface area contributed by atoms with Crippen molar-refractivity contribution in [2.75, 3.05) is 26.0 Å². The molecule has 0 aliphatic heterocycles. The number of aromatic nitrogens is 2. The third kappa shape index (κ3) is 5.45. The number of amides is 1. The summed E-state index contributed by atoms with van der Waals surface area (Å²) in [5, 5.41) is 7.29. The quantitative estimate of drug-likeness (QED) is 0.636. The molecule has 0 radical (unpaired) electrons. The fraction of sp³-hybridized carbons (Fsp3) is 0.304. The second-order valence-corrected chi connectivity index (χ2v) is 7.34. The molecular weight excluding hydrogens is 364 g/mol. The highest BCUT2D eigenvalue weighted by atomic mass is 16.5. The van der Waals surface area contributed by atoms with E-state index in [1.54, 1.807) is 18.0 Å². The van der Waals surface area contributed by atoms with Crippen LogP contribution in [-0.4, -0.2) is 41.3 Å². The molecular formula is C23H28N4O2. The molecule has 0 atom stereocenters. The predicted octanol–water partition coefficient (Wildman–Crippen LogP) is 3.63. The number of rotatable bonds is 8. The molecule has 0 unspecified atom stereocenters. The van der Waals surface area contributed by atoms with E-state index in [-0.39, 0.29) is 5.91 Å². The lowest BCUT2D eigenvalue weighted by atomic mass is 10.1. The van der Waals surface area contributed by atoms with Gasteiger partial charge in [-0.05, 0) is 43.1 Å². The number of ether oxygens (including phenoxy) is 1. The Morgan fingerprint density at radius 3 is 2.45 bits per heavy atom. The van der Waals surface area contributed by atoms with Crippen LogP contribution < -0.4 is 10.1 Å². The third-order valence-electron chi connectivity index (χ3n) is 4.75. The second-order valence-electron chi connectivity index (χ2n) is 7.34. The molecule has 2 aromatic carbocycles. The van der Waals surface area contributed by atoms with E-state index in [9.17, 15) is 4.79 Å². The molecule has 1 heterocycles. The lowest BCUT2D eigenvalue weighted by Crippen LogP contribution is -2.30. The number of methoxy groups -OCH3 is 1. The average Bonchev–Trinajstić information content (AvgIpc) is 3.08. The van der Waals surface area contributed by atoms with Gasteiger partial charge in [-0.2, -0.15) is 5.10 Å². The molecule has 1 N–H and O–H groups in total. The van der Waals surface area contributed by atoms with Crippen LogP contribution in [0.3, 0.4) is 0 Å². The van der Waals surface area contributed by atoms with E-state index >= 15 is 0 Å². The van der Waals surface area contributed by atoms with Gasteiger partial charge >= 0.3 is 0 Å². The maximum Gasteiger partial charge on any atom is 0.239 e. The largest absolute Gasteiger partial charge is 0.496 e. The Kier molecular flexibility index (Phi) is 6.67. The number of nitrogens with zero attached hydrogens (tertiary/aromatic N) is 3. The van der Waals surface area contributed by atoms with Crippen LogP contribution in [0.25, 0.3) is 0 Å². The first-order valence-electron chi connectivity index (χ1n) is 9.64. The Morgan fingerprint density at radius 1 is 1.10 bits per heavy atom. The number of hydrogen-bond donors (Lipinski definition) is 1. The van der Waals surface area contributed by atoms with E-state index in [2.05, 4.69) is 22.5 Å². The summed E-state index contributed by atoms with van der Waals surface area (Å²) in [7, 11) is 3.63. The van der Waals surface area contributed by atoms with Crippen molar-refractivity contribution in [3.63, 3.8) is 0 Å². The van der Waals surface area contributed by atoms with Crippen LogP contribution >= 0.6 is 0 Å². The summed E-state index contributed by atoms with van der Waals surface area (Å²) in [6, 6.07) is 16.1.